The number of aliphatic carboxylic acids is 1. The molecule has 0 aliphatic carbocycles. The zero-order valence-electron chi connectivity index (χ0n) is 15.5. The van der Waals surface area contributed by atoms with Crippen molar-refractivity contribution in [3.63, 3.8) is 0 Å². The molecule has 0 saturated heterocycles. The van der Waals surface area contributed by atoms with Gasteiger partial charge in [-0.25, -0.2) is 4.79 Å². The van der Waals surface area contributed by atoms with Gasteiger partial charge >= 0.3 is 5.97 Å². The van der Waals surface area contributed by atoms with E-state index in [9.17, 15) is 15.0 Å². The summed E-state index contributed by atoms with van der Waals surface area (Å²) in [6.07, 6.45) is -1.03. The van der Waals surface area contributed by atoms with E-state index in [-0.39, 0.29) is 24.0 Å². The molecule has 2 aromatic carbocycles. The molecule has 2 aromatic rings. The molecule has 0 amide bonds. The molecule has 8 nitrogen and oxygen atoms in total. The highest BCUT2D eigenvalue weighted by Gasteiger charge is 2.27. The fourth-order valence-corrected chi connectivity index (χ4v) is 2.98. The topological polar surface area (TPSA) is 117 Å². The summed E-state index contributed by atoms with van der Waals surface area (Å²) in [5, 5.41) is 31.7. The third kappa shape index (κ3) is 5.90. The molecular weight excluding hydrogens is 402 g/mol. The molecule has 1 aliphatic rings. The van der Waals surface area contributed by atoms with Gasteiger partial charge < -0.3 is 34.8 Å². The summed E-state index contributed by atoms with van der Waals surface area (Å²) in [5.41, 5.74) is 0.996. The lowest BCUT2D eigenvalue weighted by molar-refractivity contribution is -0.147. The summed E-state index contributed by atoms with van der Waals surface area (Å²) in [6.45, 7) is 0.989. The lowest BCUT2D eigenvalue weighted by Gasteiger charge is -2.24. The minimum Gasteiger partial charge on any atom is -0.508 e. The molecule has 0 saturated carbocycles. The largest absolute Gasteiger partial charge is 0.508 e. The number of phenolic OH excluding ortho intramolecular Hbond substituents is 1. The van der Waals surface area contributed by atoms with Crippen molar-refractivity contribution in [2.24, 2.45) is 0 Å². The summed E-state index contributed by atoms with van der Waals surface area (Å²) >= 11 is 5.95. The van der Waals surface area contributed by atoms with Crippen molar-refractivity contribution in [3.8, 4) is 23.0 Å². The Morgan fingerprint density at radius 2 is 2.10 bits per heavy atom. The molecule has 29 heavy (non-hydrogen) atoms. The minimum atomic E-state index is -1.06. The van der Waals surface area contributed by atoms with Crippen LogP contribution in [0.1, 0.15) is 5.56 Å². The van der Waals surface area contributed by atoms with E-state index in [1.165, 1.54) is 12.1 Å². The number of phenols is 1. The van der Waals surface area contributed by atoms with Gasteiger partial charge in [0.15, 0.2) is 11.5 Å². The van der Waals surface area contributed by atoms with Gasteiger partial charge in [0.25, 0.3) is 0 Å². The average molecular weight is 424 g/mol. The highest BCUT2D eigenvalue weighted by Crippen LogP contribution is 2.32. The number of ether oxygens (including phenoxy) is 3. The molecule has 2 atom stereocenters. The van der Waals surface area contributed by atoms with Crippen LogP contribution in [0.25, 0.3) is 0 Å². The Kier molecular flexibility index (Phi) is 7.03. The van der Waals surface area contributed by atoms with Gasteiger partial charge in [-0.1, -0.05) is 17.7 Å². The van der Waals surface area contributed by atoms with Gasteiger partial charge in [-0.3, -0.25) is 0 Å². The van der Waals surface area contributed by atoms with E-state index in [4.69, 9.17) is 30.9 Å². The summed E-state index contributed by atoms with van der Waals surface area (Å²) in [6, 6.07) is 9.74. The number of hydrogen-bond donors (Lipinski definition) is 4. The number of halogens is 1. The zero-order valence-corrected chi connectivity index (χ0v) is 16.3. The van der Waals surface area contributed by atoms with E-state index in [2.05, 4.69) is 5.32 Å². The van der Waals surface area contributed by atoms with Crippen molar-refractivity contribution < 1.29 is 34.3 Å². The number of carboxylic acid groups (broad SMARTS) is 1. The van der Waals surface area contributed by atoms with Crippen molar-refractivity contribution in [3.05, 3.63) is 47.0 Å². The molecule has 0 spiro atoms. The van der Waals surface area contributed by atoms with Crippen LogP contribution in [0.3, 0.4) is 0 Å². The number of benzene rings is 2. The maximum Gasteiger partial charge on any atom is 0.348 e. The highest BCUT2D eigenvalue weighted by atomic mass is 35.5. The number of rotatable bonds is 9. The predicted octanol–water partition coefficient (Wildman–Crippen LogP) is 1.84. The molecule has 9 heteroatoms. The first-order valence-electron chi connectivity index (χ1n) is 9.07. The molecule has 4 N–H and O–H groups in total. The smallest absolute Gasteiger partial charge is 0.348 e. The van der Waals surface area contributed by atoms with Gasteiger partial charge in [0.1, 0.15) is 30.8 Å². The van der Waals surface area contributed by atoms with E-state index in [1.807, 2.05) is 12.1 Å². The molecule has 1 heterocycles. The number of fused-ring (bicyclic) bond motifs is 1. The van der Waals surface area contributed by atoms with Gasteiger partial charge in [0.2, 0.25) is 6.10 Å². The van der Waals surface area contributed by atoms with Crippen LogP contribution in [0, 0.1) is 0 Å². The van der Waals surface area contributed by atoms with Crippen LogP contribution in [-0.2, 0) is 11.2 Å². The maximum atomic E-state index is 11.0. The van der Waals surface area contributed by atoms with Gasteiger partial charge in [0, 0.05) is 12.6 Å². The van der Waals surface area contributed by atoms with Gasteiger partial charge in [-0.2, -0.15) is 0 Å². The van der Waals surface area contributed by atoms with E-state index in [0.29, 0.717) is 36.8 Å². The SMILES string of the molecule is O=C(O)[C@H]1COc2cc(CCNC[C@H](O)COc3ccc(O)cc3Cl)ccc2O1. The zero-order chi connectivity index (χ0) is 20.8. The van der Waals surface area contributed by atoms with Crippen molar-refractivity contribution in [1.29, 1.82) is 0 Å². The number of aliphatic hydroxyl groups is 1. The number of carboxylic acids is 1. The third-order valence-electron chi connectivity index (χ3n) is 4.26. The van der Waals surface area contributed by atoms with Gasteiger partial charge in [0.05, 0.1) is 5.02 Å². The molecule has 1 aliphatic heterocycles. The molecule has 0 unspecified atom stereocenters. The first kappa shape index (κ1) is 21.0. The quantitative estimate of drug-likeness (QED) is 0.451. The first-order chi connectivity index (χ1) is 13.9. The molecule has 0 fully saturated rings. The highest BCUT2D eigenvalue weighted by molar-refractivity contribution is 6.32. The standard InChI is InChI=1S/C20H22ClNO7/c21-15-8-13(23)2-4-16(15)27-10-14(24)9-22-6-5-12-1-3-17-18(7-12)28-11-19(29-17)20(25)26/h1-4,7-8,14,19,22-24H,5-6,9-11H2,(H,25,26)/t14-,19+/m0/s1. The van der Waals surface area contributed by atoms with Gasteiger partial charge in [-0.15, -0.1) is 0 Å². The van der Waals surface area contributed by atoms with Crippen molar-refractivity contribution in [2.45, 2.75) is 18.6 Å². The Balaban J connectivity index is 1.38. The lowest BCUT2D eigenvalue weighted by atomic mass is 10.1. The van der Waals surface area contributed by atoms with Crippen LogP contribution in [0.2, 0.25) is 5.02 Å². The molecule has 0 bridgehead atoms. The second kappa shape index (κ2) is 9.69. The molecule has 3 rings (SSSR count). The summed E-state index contributed by atoms with van der Waals surface area (Å²) in [7, 11) is 0. The van der Waals surface area contributed by atoms with E-state index in [0.717, 1.165) is 5.56 Å². The molecular formula is C20H22ClNO7. The fraction of sp³-hybridized carbons (Fsp3) is 0.350. The Bertz CT molecular complexity index is 861. The lowest BCUT2D eigenvalue weighted by Crippen LogP contribution is -2.36. The van der Waals surface area contributed by atoms with Crippen molar-refractivity contribution in [2.75, 3.05) is 26.3 Å². The maximum absolute atomic E-state index is 11.0. The Morgan fingerprint density at radius 3 is 2.86 bits per heavy atom. The van der Waals surface area contributed by atoms with Crippen molar-refractivity contribution in [1.82, 2.24) is 5.32 Å². The number of aromatic hydroxyl groups is 1. The van der Waals surface area contributed by atoms with Crippen LogP contribution in [0.15, 0.2) is 36.4 Å². The Morgan fingerprint density at radius 1 is 1.28 bits per heavy atom. The predicted molar refractivity (Wildman–Crippen MR) is 105 cm³/mol. The normalized spacial score (nSPS) is 16.3. The van der Waals surface area contributed by atoms with Gasteiger partial charge in [-0.05, 0) is 42.8 Å². The van der Waals surface area contributed by atoms with Crippen LogP contribution in [-0.4, -0.2) is 59.8 Å². The minimum absolute atomic E-state index is 0.0265. The summed E-state index contributed by atoms with van der Waals surface area (Å²) < 4.78 is 16.3. The number of aliphatic hydroxyl groups excluding tert-OH is 1. The molecule has 0 radical (unpaired) electrons. The molecule has 156 valence electrons. The van der Waals surface area contributed by atoms with Crippen LogP contribution in [0.4, 0.5) is 0 Å². The monoisotopic (exact) mass is 423 g/mol. The average Bonchev–Trinajstić information content (AvgIpc) is 2.70. The number of carbonyl (C=O) groups is 1. The summed E-state index contributed by atoms with van der Waals surface area (Å²) in [4.78, 5) is 11.0. The van der Waals surface area contributed by atoms with Crippen LogP contribution in [0.5, 0.6) is 23.0 Å². The first-order valence-corrected chi connectivity index (χ1v) is 9.45. The third-order valence-corrected chi connectivity index (χ3v) is 4.56. The van der Waals surface area contributed by atoms with Crippen molar-refractivity contribution >= 4 is 17.6 Å². The van der Waals surface area contributed by atoms with Crippen LogP contribution < -0.4 is 19.5 Å². The van der Waals surface area contributed by atoms with Crippen LogP contribution >= 0.6 is 11.6 Å². The number of hydrogen-bond acceptors (Lipinski definition) is 7. The Labute approximate surface area is 172 Å². The second-order valence-electron chi connectivity index (χ2n) is 6.57. The van der Waals surface area contributed by atoms with E-state index >= 15 is 0 Å². The van der Waals surface area contributed by atoms with E-state index in [1.54, 1.807) is 12.1 Å². The Hall–Kier alpha value is -2.68. The summed E-state index contributed by atoms with van der Waals surface area (Å²) in [5.74, 6) is 0.328. The van der Waals surface area contributed by atoms with E-state index < -0.39 is 18.2 Å². The second-order valence-corrected chi connectivity index (χ2v) is 6.98. The molecule has 0 aromatic heterocycles. The number of nitrogens with one attached hydrogen (secondary N) is 1. The fourth-order valence-electron chi connectivity index (χ4n) is 2.75.